The molecule has 14 heavy (non-hydrogen) atoms. The molecule has 0 fully saturated rings. The molecule has 0 saturated carbocycles. The van der Waals surface area contributed by atoms with E-state index in [-0.39, 0.29) is 6.42 Å². The second kappa shape index (κ2) is 4.53. The van der Waals surface area contributed by atoms with Gasteiger partial charge in [-0.15, -0.1) is 0 Å². The third-order valence-corrected chi connectivity index (χ3v) is 2.52. The number of benzene rings is 1. The highest BCUT2D eigenvalue weighted by Crippen LogP contribution is 2.22. The Labute approximate surface area is 98.6 Å². The summed E-state index contributed by atoms with van der Waals surface area (Å²) in [7, 11) is 0. The Morgan fingerprint density at radius 2 is 1.86 bits per heavy atom. The fourth-order valence-electron chi connectivity index (χ4n) is 0.888. The Kier molecular flexibility index (Phi) is 3.83. The highest BCUT2D eigenvalue weighted by molar-refractivity contribution is 14.1. The smallest absolute Gasteiger partial charge is 0.291 e. The van der Waals surface area contributed by atoms with E-state index < -0.39 is 11.2 Å². The molecule has 0 aliphatic rings. The lowest BCUT2D eigenvalue weighted by Crippen LogP contribution is -2.23. The monoisotopic (exact) mass is 330 g/mol. The van der Waals surface area contributed by atoms with E-state index in [0.29, 0.717) is 5.56 Å². The molecule has 76 valence electrons. The Hall–Kier alpha value is -0.230. The van der Waals surface area contributed by atoms with Crippen LogP contribution in [0.15, 0.2) is 24.3 Å². The minimum Gasteiger partial charge on any atom is -0.291 e. The van der Waals surface area contributed by atoms with Crippen molar-refractivity contribution in [2.24, 2.45) is 0 Å². The molecule has 0 heterocycles. The fourth-order valence-corrected chi connectivity index (χ4v) is 1.31. The lowest BCUT2D eigenvalue weighted by molar-refractivity contribution is -0.132. The quantitative estimate of drug-likeness (QED) is 0.614. The predicted molar refractivity (Wildman–Crippen MR) is 58.7 cm³/mol. The molecular weight excluding hydrogens is 324 g/mol. The first kappa shape index (κ1) is 11.8. The summed E-state index contributed by atoms with van der Waals surface area (Å²) >= 11 is 6.67. The summed E-state index contributed by atoms with van der Waals surface area (Å²) in [6.07, 6.45) is -0.340. The highest BCUT2D eigenvalue weighted by atomic mass is 127. The van der Waals surface area contributed by atoms with Gasteiger partial charge in [-0.25, -0.2) is 0 Å². The van der Waals surface area contributed by atoms with Crippen molar-refractivity contribution in [3.63, 3.8) is 0 Å². The predicted octanol–water partition coefficient (Wildman–Crippen LogP) is 3.23. The number of halogens is 4. The van der Waals surface area contributed by atoms with Gasteiger partial charge in [-0.2, -0.15) is 8.78 Å². The Morgan fingerprint density at radius 3 is 2.29 bits per heavy atom. The molecule has 0 saturated heterocycles. The van der Waals surface area contributed by atoms with Crippen LogP contribution in [0.2, 0.25) is 0 Å². The summed E-state index contributed by atoms with van der Waals surface area (Å²) in [6, 6.07) is 6.75. The fraction of sp³-hybridized carbons (Fsp3) is 0.222. The van der Waals surface area contributed by atoms with Crippen LogP contribution in [0.4, 0.5) is 8.78 Å². The van der Waals surface area contributed by atoms with Crippen molar-refractivity contribution >= 4 is 40.0 Å². The van der Waals surface area contributed by atoms with Gasteiger partial charge in [0.2, 0.25) is 5.78 Å². The summed E-state index contributed by atoms with van der Waals surface area (Å²) in [5.74, 6) is -1.28. The van der Waals surface area contributed by atoms with E-state index >= 15 is 0 Å². The second-order valence-corrected chi connectivity index (χ2v) is 4.44. The Balaban J connectivity index is 2.71. The van der Waals surface area contributed by atoms with Gasteiger partial charge in [0.25, 0.3) is 0 Å². The maximum absolute atomic E-state index is 12.3. The standard InChI is InChI=1S/C9H6ClF2IO/c10-9(11,12)8(14)5-6-1-3-7(13)4-2-6/h1-4H,5H2. The van der Waals surface area contributed by atoms with E-state index in [9.17, 15) is 13.6 Å². The van der Waals surface area contributed by atoms with Gasteiger partial charge in [-0.1, -0.05) is 12.1 Å². The summed E-state index contributed by atoms with van der Waals surface area (Å²) in [5.41, 5.74) is 0.538. The number of hydrogen-bond donors (Lipinski definition) is 0. The van der Waals surface area contributed by atoms with Crippen LogP contribution >= 0.6 is 34.2 Å². The molecule has 5 heteroatoms. The molecule has 0 radical (unpaired) electrons. The van der Waals surface area contributed by atoms with E-state index in [1.54, 1.807) is 24.3 Å². The van der Waals surface area contributed by atoms with Gasteiger partial charge in [-0.05, 0) is 51.9 Å². The zero-order chi connectivity index (χ0) is 10.8. The van der Waals surface area contributed by atoms with Gasteiger partial charge in [0.1, 0.15) is 0 Å². The number of alkyl halides is 3. The average molecular weight is 330 g/mol. The highest BCUT2D eigenvalue weighted by Gasteiger charge is 2.34. The number of hydrogen-bond acceptors (Lipinski definition) is 1. The summed E-state index contributed by atoms with van der Waals surface area (Å²) in [6.45, 7) is 0. The van der Waals surface area contributed by atoms with E-state index in [4.69, 9.17) is 0 Å². The molecule has 1 nitrogen and oxygen atoms in total. The van der Waals surface area contributed by atoms with Crippen LogP contribution in [-0.2, 0) is 11.2 Å². The molecule has 0 atom stereocenters. The molecule has 0 unspecified atom stereocenters. The van der Waals surface area contributed by atoms with Crippen LogP contribution in [0, 0.1) is 3.57 Å². The minimum atomic E-state index is -3.76. The molecule has 0 aromatic heterocycles. The summed E-state index contributed by atoms with van der Waals surface area (Å²) in [4.78, 5) is 10.8. The lowest BCUT2D eigenvalue weighted by atomic mass is 10.1. The van der Waals surface area contributed by atoms with Crippen molar-refractivity contribution in [3.8, 4) is 0 Å². The van der Waals surface area contributed by atoms with Gasteiger partial charge >= 0.3 is 5.38 Å². The van der Waals surface area contributed by atoms with Crippen LogP contribution < -0.4 is 0 Å². The molecule has 0 amide bonds. The van der Waals surface area contributed by atoms with Crippen molar-refractivity contribution in [3.05, 3.63) is 33.4 Å². The third-order valence-electron chi connectivity index (χ3n) is 1.59. The number of ketones is 1. The van der Waals surface area contributed by atoms with Crippen LogP contribution in [0.5, 0.6) is 0 Å². The Morgan fingerprint density at radius 1 is 1.36 bits per heavy atom. The molecule has 0 spiro atoms. The van der Waals surface area contributed by atoms with Crippen LogP contribution in [0.1, 0.15) is 5.56 Å². The van der Waals surface area contributed by atoms with E-state index in [1.807, 2.05) is 0 Å². The van der Waals surface area contributed by atoms with Crippen molar-refractivity contribution < 1.29 is 13.6 Å². The molecule has 1 rings (SSSR count). The first-order valence-electron chi connectivity index (χ1n) is 3.74. The normalized spacial score (nSPS) is 11.4. The van der Waals surface area contributed by atoms with Gasteiger partial charge < -0.3 is 0 Å². The molecular formula is C9H6ClF2IO. The van der Waals surface area contributed by atoms with E-state index in [2.05, 4.69) is 34.2 Å². The number of carbonyl (C=O) groups excluding carboxylic acids is 1. The SMILES string of the molecule is O=C(Cc1ccc(I)cc1)C(F)(F)Cl. The van der Waals surface area contributed by atoms with Crippen LogP contribution in [-0.4, -0.2) is 11.2 Å². The van der Waals surface area contributed by atoms with Crippen LogP contribution in [0.25, 0.3) is 0 Å². The molecule has 1 aromatic carbocycles. The van der Waals surface area contributed by atoms with Crippen molar-refractivity contribution in [1.29, 1.82) is 0 Å². The first-order valence-corrected chi connectivity index (χ1v) is 5.20. The topological polar surface area (TPSA) is 17.1 Å². The molecule has 0 N–H and O–H groups in total. The van der Waals surface area contributed by atoms with E-state index in [1.165, 1.54) is 0 Å². The minimum absolute atomic E-state index is 0.340. The maximum Gasteiger partial charge on any atom is 0.380 e. The van der Waals surface area contributed by atoms with Gasteiger partial charge in [0.15, 0.2) is 0 Å². The second-order valence-electron chi connectivity index (χ2n) is 2.72. The van der Waals surface area contributed by atoms with E-state index in [0.717, 1.165) is 3.57 Å². The third kappa shape index (κ3) is 3.49. The van der Waals surface area contributed by atoms with Gasteiger partial charge in [0, 0.05) is 9.99 Å². The Bertz CT molecular complexity index is 332. The largest absolute Gasteiger partial charge is 0.380 e. The number of Topliss-reactive ketones (excluding diaryl/α,β-unsaturated/α-hetero) is 1. The molecule has 0 aliphatic carbocycles. The number of carbonyl (C=O) groups is 1. The van der Waals surface area contributed by atoms with Crippen molar-refractivity contribution in [1.82, 2.24) is 0 Å². The van der Waals surface area contributed by atoms with Crippen LogP contribution in [0.3, 0.4) is 0 Å². The first-order chi connectivity index (χ1) is 6.39. The van der Waals surface area contributed by atoms with Crippen molar-refractivity contribution in [2.45, 2.75) is 11.8 Å². The molecule has 0 bridgehead atoms. The zero-order valence-corrected chi connectivity index (χ0v) is 9.85. The summed E-state index contributed by atoms with van der Waals surface area (Å²) in [5, 5.41) is -3.76. The summed E-state index contributed by atoms with van der Waals surface area (Å²) < 4.78 is 25.6. The average Bonchev–Trinajstić information content (AvgIpc) is 2.07. The molecule has 0 aliphatic heterocycles. The van der Waals surface area contributed by atoms with Crippen molar-refractivity contribution in [2.75, 3.05) is 0 Å². The van der Waals surface area contributed by atoms with Gasteiger partial charge in [0.05, 0.1) is 0 Å². The molecule has 1 aromatic rings. The maximum atomic E-state index is 12.3. The zero-order valence-electron chi connectivity index (χ0n) is 6.94. The number of rotatable bonds is 3. The lowest BCUT2D eigenvalue weighted by Gasteiger charge is -2.06. The van der Waals surface area contributed by atoms with Gasteiger partial charge in [-0.3, -0.25) is 4.79 Å².